The van der Waals surface area contributed by atoms with Crippen molar-refractivity contribution in [3.63, 3.8) is 0 Å². The van der Waals surface area contributed by atoms with Gasteiger partial charge in [-0.3, -0.25) is 0 Å². The van der Waals surface area contributed by atoms with Crippen LogP contribution >= 0.6 is 11.3 Å². The molecule has 5 nitrogen and oxygen atoms in total. The zero-order valence-electron chi connectivity index (χ0n) is 8.90. The van der Waals surface area contributed by atoms with E-state index >= 15 is 0 Å². The summed E-state index contributed by atoms with van der Waals surface area (Å²) in [7, 11) is 0. The summed E-state index contributed by atoms with van der Waals surface area (Å²) in [5, 5.41) is 4.49. The summed E-state index contributed by atoms with van der Waals surface area (Å²) in [5.41, 5.74) is 6.50. The summed E-state index contributed by atoms with van der Waals surface area (Å²) in [6.07, 6.45) is -4.55. The Morgan fingerprint density at radius 1 is 1.33 bits per heavy atom. The van der Waals surface area contributed by atoms with Crippen LogP contribution in [0.4, 0.5) is 24.9 Å². The summed E-state index contributed by atoms with van der Waals surface area (Å²) < 4.78 is 37.4. The van der Waals surface area contributed by atoms with Gasteiger partial charge in [0.05, 0.1) is 17.7 Å². The minimum absolute atomic E-state index is 0.0165. The van der Waals surface area contributed by atoms with E-state index in [1.807, 2.05) is 0 Å². The summed E-state index contributed by atoms with van der Waals surface area (Å²) in [4.78, 5) is 10.8. The molecule has 0 aromatic carbocycles. The first-order chi connectivity index (χ1) is 8.45. The molecule has 0 saturated carbocycles. The maximum absolute atomic E-state index is 12.5. The number of hydrogen-bond donors (Lipinski definition) is 2. The number of nitrogens with one attached hydrogen (secondary N) is 1. The first-order valence-electron chi connectivity index (χ1n) is 4.78. The van der Waals surface area contributed by atoms with Crippen LogP contribution in [0, 0.1) is 0 Å². The fourth-order valence-corrected chi connectivity index (χ4v) is 1.77. The maximum Gasteiger partial charge on any atom is 0.433 e. The molecule has 0 unspecified atom stereocenters. The van der Waals surface area contributed by atoms with Crippen LogP contribution in [-0.2, 0) is 12.7 Å². The molecule has 0 bridgehead atoms. The molecule has 2 aromatic heterocycles. The molecule has 0 aliphatic rings. The molecule has 0 saturated heterocycles. The summed E-state index contributed by atoms with van der Waals surface area (Å²) in [6, 6.07) is 0.808. The van der Waals surface area contributed by atoms with Crippen molar-refractivity contribution in [1.82, 2.24) is 15.0 Å². The Kier molecular flexibility index (Phi) is 3.32. The number of aromatic nitrogens is 3. The molecule has 18 heavy (non-hydrogen) atoms. The second kappa shape index (κ2) is 4.77. The number of nitrogens with two attached hydrogens (primary N) is 1. The average Bonchev–Trinajstić information content (AvgIpc) is 2.77. The average molecular weight is 275 g/mol. The van der Waals surface area contributed by atoms with Crippen molar-refractivity contribution >= 4 is 23.1 Å². The second-order valence-corrected chi connectivity index (χ2v) is 4.05. The molecule has 96 valence electrons. The molecule has 9 heteroatoms. The third-order valence-electron chi connectivity index (χ3n) is 1.97. The zero-order valence-corrected chi connectivity index (χ0v) is 9.72. The van der Waals surface area contributed by atoms with Crippen LogP contribution < -0.4 is 11.1 Å². The van der Waals surface area contributed by atoms with Crippen molar-refractivity contribution in [3.05, 3.63) is 28.3 Å². The molecule has 2 heterocycles. The van der Waals surface area contributed by atoms with Gasteiger partial charge in [-0.15, -0.1) is 11.3 Å². The van der Waals surface area contributed by atoms with E-state index < -0.39 is 17.8 Å². The minimum atomic E-state index is -4.55. The Morgan fingerprint density at radius 3 is 2.72 bits per heavy atom. The van der Waals surface area contributed by atoms with Gasteiger partial charge >= 0.3 is 6.18 Å². The number of halogens is 3. The van der Waals surface area contributed by atoms with Gasteiger partial charge in [0.25, 0.3) is 0 Å². The van der Waals surface area contributed by atoms with E-state index in [0.717, 1.165) is 6.07 Å². The number of alkyl halides is 3. The summed E-state index contributed by atoms with van der Waals surface area (Å²) in [6.45, 7) is 0.275. The van der Waals surface area contributed by atoms with Crippen molar-refractivity contribution in [1.29, 1.82) is 0 Å². The number of hydrogen-bond acceptors (Lipinski definition) is 6. The second-order valence-electron chi connectivity index (χ2n) is 3.33. The molecule has 0 radical (unpaired) electrons. The van der Waals surface area contributed by atoms with Crippen molar-refractivity contribution in [3.8, 4) is 0 Å². The lowest BCUT2D eigenvalue weighted by molar-refractivity contribution is -0.141. The molecule has 2 aromatic rings. The van der Waals surface area contributed by atoms with Crippen LogP contribution in [0.1, 0.15) is 11.4 Å². The number of nitrogens with zero attached hydrogens (tertiary/aromatic N) is 3. The van der Waals surface area contributed by atoms with E-state index in [1.165, 1.54) is 11.3 Å². The quantitative estimate of drug-likeness (QED) is 0.897. The normalized spacial score (nSPS) is 11.5. The zero-order chi connectivity index (χ0) is 13.2. The molecule has 3 N–H and O–H groups in total. The van der Waals surface area contributed by atoms with E-state index in [0.29, 0.717) is 5.69 Å². The van der Waals surface area contributed by atoms with Crippen molar-refractivity contribution in [2.45, 2.75) is 12.7 Å². The number of nitrogen functional groups attached to an aromatic ring is 1. The van der Waals surface area contributed by atoms with Gasteiger partial charge in [-0.2, -0.15) is 18.2 Å². The smallest absolute Gasteiger partial charge is 0.368 e. The highest BCUT2D eigenvalue weighted by atomic mass is 32.1. The van der Waals surface area contributed by atoms with Crippen LogP contribution in [-0.4, -0.2) is 15.0 Å². The lowest BCUT2D eigenvalue weighted by atomic mass is 10.3. The molecule has 0 spiro atoms. The van der Waals surface area contributed by atoms with Gasteiger partial charge in [0.1, 0.15) is 5.82 Å². The predicted molar refractivity (Wildman–Crippen MR) is 60.9 cm³/mol. The number of anilines is 2. The number of thiazole rings is 1. The van der Waals surface area contributed by atoms with E-state index in [-0.39, 0.29) is 12.4 Å². The van der Waals surface area contributed by atoms with Crippen LogP contribution in [0.15, 0.2) is 17.0 Å². The van der Waals surface area contributed by atoms with Crippen LogP contribution in [0.25, 0.3) is 0 Å². The van der Waals surface area contributed by atoms with E-state index in [4.69, 9.17) is 5.73 Å². The Morgan fingerprint density at radius 2 is 2.11 bits per heavy atom. The standard InChI is InChI=1S/C9H8F3N5S/c10-9(11,12)6-1-7(17-8(13)16-6)14-2-5-3-18-4-15-5/h1,3-4H,2H2,(H3,13,14,16,17). The van der Waals surface area contributed by atoms with Crippen LogP contribution in [0.5, 0.6) is 0 Å². The Bertz CT molecular complexity index is 525. The Hall–Kier alpha value is -1.90. The molecule has 0 aliphatic heterocycles. The molecule has 0 aliphatic carbocycles. The molecular formula is C9H8F3N5S. The van der Waals surface area contributed by atoms with Gasteiger partial charge in [-0.25, -0.2) is 9.97 Å². The molecule has 0 amide bonds. The van der Waals surface area contributed by atoms with E-state index in [9.17, 15) is 13.2 Å². The van der Waals surface area contributed by atoms with E-state index in [1.54, 1.807) is 10.9 Å². The fourth-order valence-electron chi connectivity index (χ4n) is 1.21. The van der Waals surface area contributed by atoms with Crippen molar-refractivity contribution in [2.24, 2.45) is 0 Å². The predicted octanol–water partition coefficient (Wildman–Crippen LogP) is 2.15. The maximum atomic E-state index is 12.5. The molecule has 0 atom stereocenters. The van der Waals surface area contributed by atoms with Gasteiger partial charge in [0.2, 0.25) is 5.95 Å². The van der Waals surface area contributed by atoms with Gasteiger partial charge in [-0.1, -0.05) is 0 Å². The summed E-state index contributed by atoms with van der Waals surface area (Å²) >= 11 is 1.40. The lowest BCUT2D eigenvalue weighted by Gasteiger charge is -2.09. The van der Waals surface area contributed by atoms with Gasteiger partial charge in [0.15, 0.2) is 5.69 Å². The van der Waals surface area contributed by atoms with Gasteiger partial charge in [-0.05, 0) is 0 Å². The van der Waals surface area contributed by atoms with Crippen molar-refractivity contribution < 1.29 is 13.2 Å². The molecule has 0 fully saturated rings. The Balaban J connectivity index is 2.15. The first kappa shape index (κ1) is 12.6. The highest BCUT2D eigenvalue weighted by molar-refractivity contribution is 7.07. The lowest BCUT2D eigenvalue weighted by Crippen LogP contribution is -2.13. The largest absolute Gasteiger partial charge is 0.433 e. The van der Waals surface area contributed by atoms with Gasteiger partial charge < -0.3 is 11.1 Å². The highest BCUT2D eigenvalue weighted by Crippen LogP contribution is 2.29. The molecule has 2 rings (SSSR count). The van der Waals surface area contributed by atoms with Gasteiger partial charge in [0, 0.05) is 11.4 Å². The van der Waals surface area contributed by atoms with Crippen LogP contribution in [0.3, 0.4) is 0 Å². The monoisotopic (exact) mass is 275 g/mol. The van der Waals surface area contributed by atoms with Crippen LogP contribution in [0.2, 0.25) is 0 Å². The molecular weight excluding hydrogens is 267 g/mol. The summed E-state index contributed by atoms with van der Waals surface area (Å²) in [5.74, 6) is -0.409. The number of rotatable bonds is 3. The third-order valence-corrected chi connectivity index (χ3v) is 2.60. The fraction of sp³-hybridized carbons (Fsp3) is 0.222. The highest BCUT2D eigenvalue weighted by Gasteiger charge is 2.33. The van der Waals surface area contributed by atoms with E-state index in [2.05, 4.69) is 20.3 Å². The first-order valence-corrected chi connectivity index (χ1v) is 5.72. The Labute approximate surface area is 104 Å². The topological polar surface area (TPSA) is 76.7 Å². The third kappa shape index (κ3) is 3.06. The SMILES string of the molecule is Nc1nc(NCc2cscn2)cc(C(F)(F)F)n1. The van der Waals surface area contributed by atoms with Crippen molar-refractivity contribution in [2.75, 3.05) is 11.1 Å². The minimum Gasteiger partial charge on any atom is -0.368 e.